The highest BCUT2D eigenvalue weighted by Gasteiger charge is 2.14. The fourth-order valence-corrected chi connectivity index (χ4v) is 1.87. The third-order valence-corrected chi connectivity index (χ3v) is 3.32. The van der Waals surface area contributed by atoms with Crippen LogP contribution in [0, 0.1) is 5.92 Å². The summed E-state index contributed by atoms with van der Waals surface area (Å²) in [5, 5.41) is 6.09. The Morgan fingerprint density at radius 1 is 1.14 bits per heavy atom. The zero-order valence-electron chi connectivity index (χ0n) is 13.8. The van der Waals surface area contributed by atoms with Gasteiger partial charge in [-0.15, -0.1) is 0 Å². The van der Waals surface area contributed by atoms with Crippen molar-refractivity contribution in [3.8, 4) is 5.75 Å². The van der Waals surface area contributed by atoms with Crippen LogP contribution in [-0.2, 0) is 11.2 Å². The number of hydrogen-bond donors (Lipinski definition) is 2. The van der Waals surface area contributed by atoms with E-state index in [9.17, 15) is 4.79 Å². The first kappa shape index (κ1) is 17.5. The minimum Gasteiger partial charge on any atom is -0.481 e. The molecular formula is C17H28N2O2. The summed E-state index contributed by atoms with van der Waals surface area (Å²) in [6.07, 6.45) is 0.493. The fourth-order valence-electron chi connectivity index (χ4n) is 1.87. The Morgan fingerprint density at radius 3 is 2.29 bits per heavy atom. The molecule has 0 bridgehead atoms. The highest BCUT2D eigenvalue weighted by atomic mass is 16.5. The molecule has 0 aromatic heterocycles. The summed E-state index contributed by atoms with van der Waals surface area (Å²) in [5.74, 6) is 1.09. The van der Waals surface area contributed by atoms with Gasteiger partial charge in [0, 0.05) is 12.6 Å². The molecule has 2 N–H and O–H groups in total. The lowest BCUT2D eigenvalue weighted by molar-refractivity contribution is -0.127. The van der Waals surface area contributed by atoms with Crippen molar-refractivity contribution in [3.63, 3.8) is 0 Å². The van der Waals surface area contributed by atoms with Crippen molar-refractivity contribution < 1.29 is 9.53 Å². The number of nitrogens with one attached hydrogen (secondary N) is 2. The molecule has 0 aliphatic carbocycles. The number of likely N-dealkylation sites (N-methyl/N-ethyl adjacent to an activating group) is 1. The SMILES string of the molecule is CNC(C)Cc1ccc(OC(C)C(=O)NCC(C)C)cc1. The summed E-state index contributed by atoms with van der Waals surface area (Å²) in [7, 11) is 1.96. The molecule has 0 radical (unpaired) electrons. The smallest absolute Gasteiger partial charge is 0.260 e. The van der Waals surface area contributed by atoms with Gasteiger partial charge in [-0.1, -0.05) is 26.0 Å². The van der Waals surface area contributed by atoms with Crippen molar-refractivity contribution in [2.45, 2.75) is 46.3 Å². The molecule has 1 rings (SSSR count). The average Bonchev–Trinajstić information content (AvgIpc) is 2.46. The van der Waals surface area contributed by atoms with Gasteiger partial charge in [-0.3, -0.25) is 4.79 Å². The summed E-state index contributed by atoms with van der Waals surface area (Å²) in [6, 6.07) is 8.37. The second kappa shape index (κ2) is 8.67. The molecule has 4 nitrogen and oxygen atoms in total. The summed E-state index contributed by atoms with van der Waals surface area (Å²) < 4.78 is 5.67. The molecule has 2 unspecified atom stereocenters. The molecule has 0 fully saturated rings. The van der Waals surface area contributed by atoms with E-state index in [4.69, 9.17) is 4.74 Å². The fraction of sp³-hybridized carbons (Fsp3) is 0.588. The topological polar surface area (TPSA) is 50.4 Å². The van der Waals surface area contributed by atoms with Crippen LogP contribution in [0.4, 0.5) is 0 Å². The van der Waals surface area contributed by atoms with Crippen LogP contribution in [0.3, 0.4) is 0 Å². The Hall–Kier alpha value is -1.55. The number of carbonyl (C=O) groups is 1. The largest absolute Gasteiger partial charge is 0.481 e. The van der Waals surface area contributed by atoms with Gasteiger partial charge in [-0.05, 0) is 50.9 Å². The van der Waals surface area contributed by atoms with Crippen LogP contribution in [0.1, 0.15) is 33.3 Å². The number of ether oxygens (including phenoxy) is 1. The molecule has 1 aromatic rings. The van der Waals surface area contributed by atoms with Gasteiger partial charge in [0.1, 0.15) is 5.75 Å². The Labute approximate surface area is 128 Å². The van der Waals surface area contributed by atoms with Crippen LogP contribution in [0.2, 0.25) is 0 Å². The molecule has 0 saturated carbocycles. The zero-order valence-corrected chi connectivity index (χ0v) is 13.8. The van der Waals surface area contributed by atoms with Gasteiger partial charge < -0.3 is 15.4 Å². The van der Waals surface area contributed by atoms with E-state index in [1.807, 2.05) is 31.3 Å². The van der Waals surface area contributed by atoms with E-state index in [0.717, 1.165) is 12.2 Å². The lowest BCUT2D eigenvalue weighted by Crippen LogP contribution is -2.38. The van der Waals surface area contributed by atoms with E-state index >= 15 is 0 Å². The third kappa shape index (κ3) is 6.63. The van der Waals surface area contributed by atoms with Crippen LogP contribution in [0.15, 0.2) is 24.3 Å². The molecule has 1 amide bonds. The normalized spacial score (nSPS) is 13.8. The van der Waals surface area contributed by atoms with Gasteiger partial charge in [0.25, 0.3) is 5.91 Å². The Kier molecular flexibility index (Phi) is 7.23. The van der Waals surface area contributed by atoms with Crippen molar-refractivity contribution in [1.82, 2.24) is 10.6 Å². The van der Waals surface area contributed by atoms with E-state index in [1.165, 1.54) is 5.56 Å². The van der Waals surface area contributed by atoms with Crippen molar-refractivity contribution >= 4 is 5.91 Å². The standard InChI is InChI=1S/C17H28N2O2/c1-12(2)11-19-17(20)14(4)21-16-8-6-15(7-9-16)10-13(3)18-5/h6-9,12-14,18H,10-11H2,1-5H3,(H,19,20). The van der Waals surface area contributed by atoms with Crippen LogP contribution in [0.5, 0.6) is 5.75 Å². The highest BCUT2D eigenvalue weighted by molar-refractivity contribution is 5.80. The van der Waals surface area contributed by atoms with Crippen molar-refractivity contribution in [2.24, 2.45) is 5.92 Å². The molecule has 0 saturated heterocycles. The van der Waals surface area contributed by atoms with Crippen molar-refractivity contribution in [3.05, 3.63) is 29.8 Å². The number of amides is 1. The number of rotatable bonds is 8. The summed E-state index contributed by atoms with van der Waals surface area (Å²) >= 11 is 0. The molecule has 1 aromatic carbocycles. The van der Waals surface area contributed by atoms with E-state index in [2.05, 4.69) is 31.4 Å². The minimum absolute atomic E-state index is 0.0726. The maximum atomic E-state index is 11.9. The summed E-state index contributed by atoms with van der Waals surface area (Å²) in [5.41, 5.74) is 1.25. The van der Waals surface area contributed by atoms with Crippen LogP contribution < -0.4 is 15.4 Å². The van der Waals surface area contributed by atoms with Gasteiger partial charge in [-0.25, -0.2) is 0 Å². The molecule has 21 heavy (non-hydrogen) atoms. The third-order valence-electron chi connectivity index (χ3n) is 3.32. The van der Waals surface area contributed by atoms with Crippen LogP contribution in [0.25, 0.3) is 0 Å². The molecular weight excluding hydrogens is 264 g/mol. The zero-order chi connectivity index (χ0) is 15.8. The predicted molar refractivity (Wildman–Crippen MR) is 86.6 cm³/mol. The number of carbonyl (C=O) groups excluding carboxylic acids is 1. The quantitative estimate of drug-likeness (QED) is 0.773. The van der Waals surface area contributed by atoms with E-state index in [-0.39, 0.29) is 5.91 Å². The monoisotopic (exact) mass is 292 g/mol. The number of hydrogen-bond acceptors (Lipinski definition) is 3. The van der Waals surface area contributed by atoms with Crippen molar-refractivity contribution in [2.75, 3.05) is 13.6 Å². The van der Waals surface area contributed by atoms with E-state index in [1.54, 1.807) is 6.92 Å². The van der Waals surface area contributed by atoms with Crippen LogP contribution >= 0.6 is 0 Å². The van der Waals surface area contributed by atoms with Crippen molar-refractivity contribution in [1.29, 1.82) is 0 Å². The first-order valence-electron chi connectivity index (χ1n) is 7.63. The molecule has 0 heterocycles. The Bertz CT molecular complexity index is 429. The maximum absolute atomic E-state index is 11.9. The Balaban J connectivity index is 2.49. The lowest BCUT2D eigenvalue weighted by atomic mass is 10.1. The summed E-state index contributed by atoms with van der Waals surface area (Å²) in [6.45, 7) is 8.72. The molecule has 2 atom stereocenters. The predicted octanol–water partition coefficient (Wildman–Crippen LogP) is 2.38. The second-order valence-electron chi connectivity index (χ2n) is 5.94. The average molecular weight is 292 g/mol. The molecule has 0 aliphatic rings. The first-order chi connectivity index (χ1) is 9.92. The van der Waals surface area contributed by atoms with Gasteiger partial charge in [0.2, 0.25) is 0 Å². The second-order valence-corrected chi connectivity index (χ2v) is 5.94. The highest BCUT2D eigenvalue weighted by Crippen LogP contribution is 2.15. The maximum Gasteiger partial charge on any atom is 0.260 e. The molecule has 0 aliphatic heterocycles. The minimum atomic E-state index is -0.481. The lowest BCUT2D eigenvalue weighted by Gasteiger charge is -2.16. The van der Waals surface area contributed by atoms with E-state index < -0.39 is 6.10 Å². The Morgan fingerprint density at radius 2 is 1.76 bits per heavy atom. The van der Waals surface area contributed by atoms with Gasteiger partial charge in [-0.2, -0.15) is 0 Å². The molecule has 118 valence electrons. The molecule has 4 heteroatoms. The first-order valence-corrected chi connectivity index (χ1v) is 7.63. The molecule has 0 spiro atoms. The van der Waals surface area contributed by atoms with Gasteiger partial charge in [0.05, 0.1) is 0 Å². The van der Waals surface area contributed by atoms with Crippen LogP contribution in [-0.4, -0.2) is 31.6 Å². The van der Waals surface area contributed by atoms with Gasteiger partial charge >= 0.3 is 0 Å². The number of benzene rings is 1. The van der Waals surface area contributed by atoms with E-state index in [0.29, 0.717) is 18.5 Å². The summed E-state index contributed by atoms with van der Waals surface area (Å²) in [4.78, 5) is 11.9. The van der Waals surface area contributed by atoms with Gasteiger partial charge in [0.15, 0.2) is 6.10 Å².